The molecule has 3 aromatic rings. The van der Waals surface area contributed by atoms with Crippen molar-refractivity contribution < 1.29 is 9.53 Å². The Bertz CT molecular complexity index is 1120. The molecule has 0 spiro atoms. The fourth-order valence-electron chi connectivity index (χ4n) is 4.96. The summed E-state index contributed by atoms with van der Waals surface area (Å²) in [6.45, 7) is 6.31. The van der Waals surface area contributed by atoms with E-state index in [1.165, 1.54) is 64.5 Å². The van der Waals surface area contributed by atoms with Gasteiger partial charge in [0, 0.05) is 31.2 Å². The Morgan fingerprint density at radius 1 is 1.14 bits per heavy atom. The lowest BCUT2D eigenvalue weighted by Crippen LogP contribution is -2.29. The predicted octanol–water partition coefficient (Wildman–Crippen LogP) is 4.97. The second-order valence-electron chi connectivity index (χ2n) is 8.63. The van der Waals surface area contributed by atoms with E-state index in [4.69, 9.17) is 4.74 Å². The van der Waals surface area contributed by atoms with Crippen molar-refractivity contribution in [2.75, 3.05) is 25.6 Å². The summed E-state index contributed by atoms with van der Waals surface area (Å²) in [6.07, 6.45) is 2.87. The van der Waals surface area contributed by atoms with Crippen LogP contribution in [0.25, 0.3) is 22.0 Å². The third-order valence-corrected chi connectivity index (χ3v) is 6.66. The SMILES string of the molecule is COC(=O)Cc1c(C)c2c3c(cc(C4CC4)n3CCN2C)c1-c1ccc(C)cc1. The molecular formula is C25H28N2O2. The summed E-state index contributed by atoms with van der Waals surface area (Å²) in [5.41, 5.74) is 9.98. The van der Waals surface area contributed by atoms with Gasteiger partial charge in [-0.2, -0.15) is 0 Å². The van der Waals surface area contributed by atoms with Crippen LogP contribution >= 0.6 is 0 Å². The minimum Gasteiger partial charge on any atom is -0.469 e. The zero-order valence-electron chi connectivity index (χ0n) is 17.7. The first kappa shape index (κ1) is 18.3. The summed E-state index contributed by atoms with van der Waals surface area (Å²) < 4.78 is 7.62. The number of carbonyl (C=O) groups excluding carboxylic acids is 1. The summed E-state index contributed by atoms with van der Waals surface area (Å²) in [5, 5.41) is 1.28. The van der Waals surface area contributed by atoms with Crippen LogP contribution in [0, 0.1) is 13.8 Å². The topological polar surface area (TPSA) is 34.5 Å². The third kappa shape index (κ3) is 2.85. The molecule has 0 amide bonds. The fourth-order valence-corrected chi connectivity index (χ4v) is 4.96. The van der Waals surface area contributed by atoms with Crippen LogP contribution in [0.15, 0.2) is 30.3 Å². The van der Waals surface area contributed by atoms with E-state index in [2.05, 4.69) is 60.7 Å². The predicted molar refractivity (Wildman–Crippen MR) is 118 cm³/mol. The maximum absolute atomic E-state index is 12.4. The molecule has 1 aromatic heterocycles. The summed E-state index contributed by atoms with van der Waals surface area (Å²) >= 11 is 0. The number of anilines is 1. The molecule has 29 heavy (non-hydrogen) atoms. The van der Waals surface area contributed by atoms with Gasteiger partial charge in [-0.15, -0.1) is 0 Å². The van der Waals surface area contributed by atoms with Gasteiger partial charge in [-0.1, -0.05) is 29.8 Å². The molecule has 2 aromatic carbocycles. The van der Waals surface area contributed by atoms with Gasteiger partial charge < -0.3 is 14.2 Å². The summed E-state index contributed by atoms with van der Waals surface area (Å²) in [7, 11) is 3.64. The van der Waals surface area contributed by atoms with E-state index in [0.717, 1.165) is 18.7 Å². The Labute approximate surface area is 172 Å². The molecule has 0 saturated heterocycles. The molecule has 0 bridgehead atoms. The first-order chi connectivity index (χ1) is 14.0. The monoisotopic (exact) mass is 388 g/mol. The van der Waals surface area contributed by atoms with Gasteiger partial charge in [-0.3, -0.25) is 4.79 Å². The van der Waals surface area contributed by atoms with Crippen molar-refractivity contribution in [2.24, 2.45) is 0 Å². The van der Waals surface area contributed by atoms with Gasteiger partial charge in [0.05, 0.1) is 24.7 Å². The number of carbonyl (C=O) groups is 1. The summed E-state index contributed by atoms with van der Waals surface area (Å²) in [4.78, 5) is 14.7. The molecule has 0 unspecified atom stereocenters. The Kier molecular flexibility index (Phi) is 4.19. The number of hydrogen-bond donors (Lipinski definition) is 0. The zero-order valence-corrected chi connectivity index (χ0v) is 17.7. The highest BCUT2D eigenvalue weighted by molar-refractivity contribution is 6.07. The van der Waals surface area contributed by atoms with Crippen molar-refractivity contribution in [1.29, 1.82) is 0 Å². The molecule has 150 valence electrons. The molecule has 4 heteroatoms. The largest absolute Gasteiger partial charge is 0.469 e. The van der Waals surface area contributed by atoms with E-state index in [1.807, 2.05) is 0 Å². The highest BCUT2D eigenvalue weighted by Gasteiger charge is 2.33. The summed E-state index contributed by atoms with van der Waals surface area (Å²) in [5.74, 6) is 0.502. The van der Waals surface area contributed by atoms with Crippen LogP contribution < -0.4 is 4.90 Å². The first-order valence-electron chi connectivity index (χ1n) is 10.5. The molecule has 1 aliphatic carbocycles. The van der Waals surface area contributed by atoms with E-state index in [1.54, 1.807) is 0 Å². The average molecular weight is 389 g/mol. The van der Waals surface area contributed by atoms with Crippen LogP contribution in [0.3, 0.4) is 0 Å². The molecule has 2 heterocycles. The summed E-state index contributed by atoms with van der Waals surface area (Å²) in [6, 6.07) is 11.1. The van der Waals surface area contributed by atoms with Gasteiger partial charge in [-0.25, -0.2) is 0 Å². The van der Waals surface area contributed by atoms with Crippen molar-refractivity contribution in [3.63, 3.8) is 0 Å². The number of rotatable bonds is 4. The van der Waals surface area contributed by atoms with E-state index < -0.39 is 0 Å². The minimum absolute atomic E-state index is 0.187. The molecule has 1 saturated carbocycles. The smallest absolute Gasteiger partial charge is 0.310 e. The van der Waals surface area contributed by atoms with Gasteiger partial charge in [0.15, 0.2) is 0 Å². The number of nitrogens with zero attached hydrogens (tertiary/aromatic N) is 2. The lowest BCUT2D eigenvalue weighted by atomic mass is 9.88. The van der Waals surface area contributed by atoms with Crippen molar-refractivity contribution in [1.82, 2.24) is 4.57 Å². The number of likely N-dealkylation sites (N-methyl/N-ethyl adjacent to an activating group) is 1. The number of ether oxygens (including phenoxy) is 1. The highest BCUT2D eigenvalue weighted by Crippen LogP contribution is 2.49. The second-order valence-corrected chi connectivity index (χ2v) is 8.63. The van der Waals surface area contributed by atoms with E-state index >= 15 is 0 Å². The number of methoxy groups -OCH3 is 1. The normalized spacial score (nSPS) is 15.8. The standard InChI is InChI=1S/C25H28N2O2/c1-15-5-7-18(8-6-15)23-19(14-22(28)29-4)16(2)24-25-20(23)13-21(17-9-10-17)27(25)12-11-26(24)3/h5-8,13,17H,9-12,14H2,1-4H3. The molecular weight excluding hydrogens is 360 g/mol. The zero-order chi connectivity index (χ0) is 20.3. The number of hydrogen-bond acceptors (Lipinski definition) is 3. The molecule has 0 atom stereocenters. The van der Waals surface area contributed by atoms with Crippen molar-refractivity contribution in [2.45, 2.75) is 45.6 Å². The number of esters is 1. The van der Waals surface area contributed by atoms with Crippen LogP contribution in [0.2, 0.25) is 0 Å². The third-order valence-electron chi connectivity index (χ3n) is 6.66. The van der Waals surface area contributed by atoms with E-state index in [9.17, 15) is 4.79 Å². The average Bonchev–Trinajstić information content (AvgIpc) is 3.49. The number of aryl methyl sites for hydroxylation is 1. The fraction of sp³-hybridized carbons (Fsp3) is 0.400. The van der Waals surface area contributed by atoms with Crippen LogP contribution in [0.5, 0.6) is 0 Å². The van der Waals surface area contributed by atoms with Crippen molar-refractivity contribution >= 4 is 22.6 Å². The second kappa shape index (κ2) is 6.65. The Morgan fingerprint density at radius 2 is 1.86 bits per heavy atom. The molecule has 0 radical (unpaired) electrons. The van der Waals surface area contributed by atoms with Crippen LogP contribution in [0.4, 0.5) is 5.69 Å². The van der Waals surface area contributed by atoms with Crippen LogP contribution in [-0.4, -0.2) is 31.2 Å². The van der Waals surface area contributed by atoms with Gasteiger partial charge in [-0.05, 0) is 60.9 Å². The Balaban J connectivity index is 1.88. The molecule has 2 aliphatic rings. The van der Waals surface area contributed by atoms with E-state index in [0.29, 0.717) is 12.3 Å². The number of benzene rings is 2. The van der Waals surface area contributed by atoms with Crippen LogP contribution in [0.1, 0.15) is 41.1 Å². The van der Waals surface area contributed by atoms with Gasteiger partial charge in [0.25, 0.3) is 0 Å². The lowest BCUT2D eigenvalue weighted by molar-refractivity contribution is -0.139. The molecule has 5 rings (SSSR count). The van der Waals surface area contributed by atoms with Gasteiger partial charge in [0.1, 0.15) is 0 Å². The lowest BCUT2D eigenvalue weighted by Gasteiger charge is -2.31. The first-order valence-corrected chi connectivity index (χ1v) is 10.5. The molecule has 1 aliphatic heterocycles. The number of aromatic nitrogens is 1. The highest BCUT2D eigenvalue weighted by atomic mass is 16.5. The van der Waals surface area contributed by atoms with Crippen molar-refractivity contribution in [3.05, 3.63) is 52.7 Å². The maximum Gasteiger partial charge on any atom is 0.310 e. The van der Waals surface area contributed by atoms with Gasteiger partial charge >= 0.3 is 5.97 Å². The molecule has 4 nitrogen and oxygen atoms in total. The minimum atomic E-state index is -0.187. The van der Waals surface area contributed by atoms with E-state index in [-0.39, 0.29) is 5.97 Å². The quantitative estimate of drug-likeness (QED) is 0.592. The molecule has 1 fully saturated rings. The molecule has 0 N–H and O–H groups in total. The Morgan fingerprint density at radius 3 is 2.52 bits per heavy atom. The van der Waals surface area contributed by atoms with Crippen LogP contribution in [-0.2, 0) is 22.5 Å². The Hall–Kier alpha value is -2.75. The maximum atomic E-state index is 12.4. The van der Waals surface area contributed by atoms with Crippen molar-refractivity contribution in [3.8, 4) is 11.1 Å². The van der Waals surface area contributed by atoms with Gasteiger partial charge in [0.2, 0.25) is 0 Å².